The molecule has 0 heterocycles. The van der Waals surface area contributed by atoms with Gasteiger partial charge in [0.25, 0.3) is 0 Å². The maximum absolute atomic E-state index is 5.73. The van der Waals surface area contributed by atoms with Gasteiger partial charge in [-0.1, -0.05) is 18.9 Å². The van der Waals surface area contributed by atoms with Gasteiger partial charge in [-0.2, -0.15) is 0 Å². The second-order valence-electron chi connectivity index (χ2n) is 6.11. The SMILES string of the molecule is COc1cc(CNC(C)CC2CC2)ccc1OC(C)C. The maximum atomic E-state index is 5.73. The minimum Gasteiger partial charge on any atom is -0.493 e. The number of rotatable bonds is 8. The van der Waals surface area contributed by atoms with Gasteiger partial charge in [0.1, 0.15) is 0 Å². The summed E-state index contributed by atoms with van der Waals surface area (Å²) in [5.41, 5.74) is 1.24. The van der Waals surface area contributed by atoms with E-state index < -0.39 is 0 Å². The molecule has 1 fully saturated rings. The molecule has 0 saturated heterocycles. The van der Waals surface area contributed by atoms with E-state index in [9.17, 15) is 0 Å². The first-order valence-corrected chi connectivity index (χ1v) is 7.65. The monoisotopic (exact) mass is 277 g/mol. The fraction of sp³-hybridized carbons (Fsp3) is 0.647. The number of hydrogen-bond acceptors (Lipinski definition) is 3. The zero-order chi connectivity index (χ0) is 14.5. The normalized spacial score (nSPS) is 16.2. The van der Waals surface area contributed by atoms with E-state index in [-0.39, 0.29) is 6.10 Å². The molecule has 0 aliphatic heterocycles. The topological polar surface area (TPSA) is 30.5 Å². The Balaban J connectivity index is 1.90. The van der Waals surface area contributed by atoms with Crippen molar-refractivity contribution in [3.63, 3.8) is 0 Å². The first kappa shape index (κ1) is 15.2. The van der Waals surface area contributed by atoms with Gasteiger partial charge >= 0.3 is 0 Å². The average Bonchev–Trinajstić information content (AvgIpc) is 3.20. The Bertz CT molecular complexity index is 427. The second kappa shape index (κ2) is 6.98. The van der Waals surface area contributed by atoms with Crippen molar-refractivity contribution in [3.05, 3.63) is 23.8 Å². The molecule has 1 aliphatic carbocycles. The number of nitrogens with one attached hydrogen (secondary N) is 1. The van der Waals surface area contributed by atoms with Gasteiger partial charge in [0.2, 0.25) is 0 Å². The zero-order valence-corrected chi connectivity index (χ0v) is 13.1. The van der Waals surface area contributed by atoms with Crippen molar-refractivity contribution >= 4 is 0 Å². The van der Waals surface area contributed by atoms with Gasteiger partial charge < -0.3 is 14.8 Å². The van der Waals surface area contributed by atoms with Crippen molar-refractivity contribution in [3.8, 4) is 11.5 Å². The fourth-order valence-corrected chi connectivity index (χ4v) is 2.40. The van der Waals surface area contributed by atoms with Gasteiger partial charge in [-0.15, -0.1) is 0 Å². The number of ether oxygens (including phenoxy) is 2. The lowest BCUT2D eigenvalue weighted by Gasteiger charge is -2.16. The lowest BCUT2D eigenvalue weighted by atomic mass is 10.1. The fourth-order valence-electron chi connectivity index (χ4n) is 2.40. The molecule has 0 radical (unpaired) electrons. The van der Waals surface area contributed by atoms with Crippen LogP contribution in [0.2, 0.25) is 0 Å². The van der Waals surface area contributed by atoms with Gasteiger partial charge in [0, 0.05) is 12.6 Å². The van der Waals surface area contributed by atoms with Crippen LogP contribution in [0, 0.1) is 5.92 Å². The van der Waals surface area contributed by atoms with E-state index in [0.29, 0.717) is 6.04 Å². The third-order valence-corrected chi connectivity index (χ3v) is 3.63. The van der Waals surface area contributed by atoms with Crippen LogP contribution in [0.15, 0.2) is 18.2 Å². The first-order valence-electron chi connectivity index (χ1n) is 7.65. The first-order chi connectivity index (χ1) is 9.58. The van der Waals surface area contributed by atoms with E-state index in [1.165, 1.54) is 24.8 Å². The summed E-state index contributed by atoms with van der Waals surface area (Å²) in [6.07, 6.45) is 4.29. The third kappa shape index (κ3) is 4.71. The summed E-state index contributed by atoms with van der Waals surface area (Å²) in [6.45, 7) is 7.20. The minimum atomic E-state index is 0.159. The predicted molar refractivity (Wildman–Crippen MR) is 82.4 cm³/mol. The van der Waals surface area contributed by atoms with Gasteiger partial charge in [0.05, 0.1) is 13.2 Å². The largest absolute Gasteiger partial charge is 0.493 e. The highest BCUT2D eigenvalue weighted by molar-refractivity contribution is 5.43. The summed E-state index contributed by atoms with van der Waals surface area (Å²) in [6, 6.07) is 6.76. The van der Waals surface area contributed by atoms with E-state index in [1.54, 1.807) is 7.11 Å². The van der Waals surface area contributed by atoms with Crippen molar-refractivity contribution in [2.45, 2.75) is 58.7 Å². The summed E-state index contributed by atoms with van der Waals surface area (Å²) < 4.78 is 11.1. The van der Waals surface area contributed by atoms with Crippen LogP contribution in [0.1, 0.15) is 45.6 Å². The van der Waals surface area contributed by atoms with E-state index in [0.717, 1.165) is 24.0 Å². The molecule has 0 spiro atoms. The molecule has 2 rings (SSSR count). The van der Waals surface area contributed by atoms with Gasteiger partial charge in [-0.3, -0.25) is 0 Å². The molecule has 1 atom stereocenters. The Morgan fingerprint density at radius 3 is 2.55 bits per heavy atom. The van der Waals surface area contributed by atoms with Gasteiger partial charge in [-0.25, -0.2) is 0 Å². The van der Waals surface area contributed by atoms with Crippen LogP contribution in [-0.2, 0) is 6.54 Å². The van der Waals surface area contributed by atoms with Crippen LogP contribution in [0.4, 0.5) is 0 Å². The highest BCUT2D eigenvalue weighted by atomic mass is 16.5. The second-order valence-corrected chi connectivity index (χ2v) is 6.11. The molecule has 3 nitrogen and oxygen atoms in total. The quantitative estimate of drug-likeness (QED) is 0.785. The Kier molecular flexibility index (Phi) is 5.30. The standard InChI is InChI=1S/C17H27NO2/c1-12(2)20-16-8-7-15(10-17(16)19-4)11-18-13(3)9-14-5-6-14/h7-8,10,12-14,18H,5-6,9,11H2,1-4H3. The molecule has 0 aromatic heterocycles. The summed E-state index contributed by atoms with van der Waals surface area (Å²) in [5, 5.41) is 3.59. The van der Waals surface area contributed by atoms with Crippen molar-refractivity contribution in [2.75, 3.05) is 7.11 Å². The molecule has 0 amide bonds. The van der Waals surface area contributed by atoms with Crippen molar-refractivity contribution in [1.29, 1.82) is 0 Å². The average molecular weight is 277 g/mol. The van der Waals surface area contributed by atoms with Gasteiger partial charge in [-0.05, 0) is 50.8 Å². The molecule has 20 heavy (non-hydrogen) atoms. The third-order valence-electron chi connectivity index (χ3n) is 3.63. The summed E-state index contributed by atoms with van der Waals surface area (Å²) in [5.74, 6) is 2.60. The van der Waals surface area contributed by atoms with E-state index in [4.69, 9.17) is 9.47 Å². The predicted octanol–water partition coefficient (Wildman–Crippen LogP) is 3.76. The number of benzene rings is 1. The highest BCUT2D eigenvalue weighted by Crippen LogP contribution is 2.33. The molecule has 1 aliphatic rings. The lowest BCUT2D eigenvalue weighted by molar-refractivity contribution is 0.230. The van der Waals surface area contributed by atoms with Crippen LogP contribution in [0.25, 0.3) is 0 Å². The molecule has 0 bridgehead atoms. The summed E-state index contributed by atoms with van der Waals surface area (Å²) >= 11 is 0. The molecule has 1 N–H and O–H groups in total. The maximum Gasteiger partial charge on any atom is 0.161 e. The van der Waals surface area contributed by atoms with Crippen LogP contribution in [-0.4, -0.2) is 19.3 Å². The van der Waals surface area contributed by atoms with Crippen molar-refractivity contribution in [1.82, 2.24) is 5.32 Å². The molecule has 1 aromatic rings. The minimum absolute atomic E-state index is 0.159. The summed E-state index contributed by atoms with van der Waals surface area (Å²) in [4.78, 5) is 0. The Labute approximate surface area is 122 Å². The molecular formula is C17H27NO2. The molecular weight excluding hydrogens is 250 g/mol. The van der Waals surface area contributed by atoms with Crippen LogP contribution in [0.5, 0.6) is 11.5 Å². The molecule has 3 heteroatoms. The Morgan fingerprint density at radius 1 is 1.20 bits per heavy atom. The van der Waals surface area contributed by atoms with E-state index in [1.807, 2.05) is 19.9 Å². The Hall–Kier alpha value is -1.22. The van der Waals surface area contributed by atoms with Crippen molar-refractivity contribution in [2.24, 2.45) is 5.92 Å². The number of hydrogen-bond donors (Lipinski definition) is 1. The van der Waals surface area contributed by atoms with Crippen molar-refractivity contribution < 1.29 is 9.47 Å². The Morgan fingerprint density at radius 2 is 1.95 bits per heavy atom. The highest BCUT2D eigenvalue weighted by Gasteiger charge is 2.23. The van der Waals surface area contributed by atoms with Crippen LogP contribution >= 0.6 is 0 Å². The molecule has 1 unspecified atom stereocenters. The van der Waals surface area contributed by atoms with E-state index in [2.05, 4.69) is 24.4 Å². The smallest absolute Gasteiger partial charge is 0.161 e. The lowest BCUT2D eigenvalue weighted by Crippen LogP contribution is -2.25. The molecule has 1 aromatic carbocycles. The molecule has 1 saturated carbocycles. The van der Waals surface area contributed by atoms with E-state index >= 15 is 0 Å². The number of methoxy groups -OCH3 is 1. The molecule has 112 valence electrons. The van der Waals surface area contributed by atoms with Crippen LogP contribution in [0.3, 0.4) is 0 Å². The summed E-state index contributed by atoms with van der Waals surface area (Å²) in [7, 11) is 1.69. The van der Waals surface area contributed by atoms with Crippen LogP contribution < -0.4 is 14.8 Å². The van der Waals surface area contributed by atoms with Gasteiger partial charge in [0.15, 0.2) is 11.5 Å². The zero-order valence-electron chi connectivity index (χ0n) is 13.1.